The van der Waals surface area contributed by atoms with Crippen LogP contribution in [0, 0.1) is 0 Å². The Balaban J connectivity index is 1.50. The molecular formula is C16H22N2OS. The molecule has 108 valence electrons. The van der Waals surface area contributed by atoms with Gasteiger partial charge in [0.05, 0.1) is 13.4 Å². The zero-order chi connectivity index (χ0) is 14.0. The summed E-state index contributed by atoms with van der Waals surface area (Å²) >= 11 is 1.92. The minimum absolute atomic E-state index is 0.925. The van der Waals surface area contributed by atoms with Crippen LogP contribution < -0.4 is 4.74 Å². The van der Waals surface area contributed by atoms with Gasteiger partial charge in [0.2, 0.25) is 0 Å². The molecule has 0 unspecified atom stereocenters. The number of nitrogens with zero attached hydrogens (tertiary/aromatic N) is 2. The fourth-order valence-electron chi connectivity index (χ4n) is 2.03. The van der Waals surface area contributed by atoms with Crippen LogP contribution in [0.15, 0.2) is 47.9 Å². The Labute approximate surface area is 125 Å². The second kappa shape index (κ2) is 8.69. The van der Waals surface area contributed by atoms with Crippen molar-refractivity contribution >= 4 is 11.8 Å². The van der Waals surface area contributed by atoms with Gasteiger partial charge in [-0.3, -0.25) is 0 Å². The molecule has 0 aliphatic heterocycles. The van der Waals surface area contributed by atoms with Gasteiger partial charge in [0.1, 0.15) is 5.75 Å². The van der Waals surface area contributed by atoms with Gasteiger partial charge in [-0.25, -0.2) is 4.98 Å². The van der Waals surface area contributed by atoms with Crippen LogP contribution in [0.25, 0.3) is 0 Å². The highest BCUT2D eigenvalue weighted by Crippen LogP contribution is 2.22. The van der Waals surface area contributed by atoms with Crippen molar-refractivity contribution in [1.82, 2.24) is 9.55 Å². The molecule has 0 saturated heterocycles. The van der Waals surface area contributed by atoms with E-state index in [9.17, 15) is 0 Å². The number of thioether (sulfide) groups is 1. The van der Waals surface area contributed by atoms with Crippen LogP contribution in [0.1, 0.15) is 25.7 Å². The zero-order valence-corrected chi connectivity index (χ0v) is 12.8. The Hall–Kier alpha value is -1.42. The number of hydrogen-bond acceptors (Lipinski definition) is 3. The Morgan fingerprint density at radius 1 is 1.10 bits per heavy atom. The zero-order valence-electron chi connectivity index (χ0n) is 12.0. The molecule has 0 aliphatic rings. The lowest BCUT2D eigenvalue weighted by atomic mass is 10.2. The highest BCUT2D eigenvalue weighted by atomic mass is 32.2. The van der Waals surface area contributed by atoms with Crippen LogP contribution >= 0.6 is 11.8 Å². The van der Waals surface area contributed by atoms with Crippen molar-refractivity contribution in [3.05, 3.63) is 43.0 Å². The van der Waals surface area contributed by atoms with Gasteiger partial charge in [-0.05, 0) is 42.9 Å². The summed E-state index contributed by atoms with van der Waals surface area (Å²) in [4.78, 5) is 5.37. The third kappa shape index (κ3) is 5.29. The average Bonchev–Trinajstić information content (AvgIpc) is 3.00. The van der Waals surface area contributed by atoms with Crippen molar-refractivity contribution in [3.63, 3.8) is 0 Å². The number of imidazole rings is 1. The molecule has 3 nitrogen and oxygen atoms in total. The van der Waals surface area contributed by atoms with Crippen LogP contribution in [0.4, 0.5) is 0 Å². The highest BCUT2D eigenvalue weighted by molar-refractivity contribution is 7.99. The number of hydrogen-bond donors (Lipinski definition) is 0. The van der Waals surface area contributed by atoms with Gasteiger partial charge in [-0.15, -0.1) is 11.8 Å². The van der Waals surface area contributed by atoms with Gasteiger partial charge < -0.3 is 9.30 Å². The summed E-state index contributed by atoms with van der Waals surface area (Å²) in [5.41, 5.74) is 0. The van der Waals surface area contributed by atoms with Crippen molar-refractivity contribution in [3.8, 4) is 5.75 Å². The molecule has 4 heteroatoms. The lowest BCUT2D eigenvalue weighted by Crippen LogP contribution is -1.94. The maximum atomic E-state index is 5.15. The van der Waals surface area contributed by atoms with Crippen LogP contribution in [0.5, 0.6) is 5.75 Å². The van der Waals surface area contributed by atoms with E-state index in [-0.39, 0.29) is 0 Å². The quantitative estimate of drug-likeness (QED) is 0.510. The average molecular weight is 290 g/mol. The largest absolute Gasteiger partial charge is 0.497 e. The molecule has 0 radical (unpaired) electrons. The van der Waals surface area contributed by atoms with Gasteiger partial charge in [-0.2, -0.15) is 0 Å². The molecule has 0 N–H and O–H groups in total. The molecule has 1 aromatic carbocycles. The molecule has 1 aromatic heterocycles. The number of rotatable bonds is 9. The van der Waals surface area contributed by atoms with Crippen LogP contribution in [0.2, 0.25) is 0 Å². The highest BCUT2D eigenvalue weighted by Gasteiger charge is 1.96. The Bertz CT molecular complexity index is 468. The van der Waals surface area contributed by atoms with E-state index in [0.717, 1.165) is 12.3 Å². The molecular weight excluding hydrogens is 268 g/mol. The number of benzene rings is 1. The van der Waals surface area contributed by atoms with E-state index in [0.29, 0.717) is 0 Å². The number of aromatic nitrogens is 2. The first-order valence-corrected chi connectivity index (χ1v) is 8.09. The molecule has 0 bridgehead atoms. The Kier molecular flexibility index (Phi) is 6.51. The summed E-state index contributed by atoms with van der Waals surface area (Å²) in [6.45, 7) is 1.09. The predicted molar refractivity (Wildman–Crippen MR) is 84.4 cm³/mol. The normalized spacial score (nSPS) is 10.7. The molecule has 20 heavy (non-hydrogen) atoms. The molecule has 0 amide bonds. The fourth-order valence-corrected chi connectivity index (χ4v) is 2.94. The SMILES string of the molecule is COc1ccc(SCCCCCCn2ccnc2)cc1. The molecule has 2 aromatic rings. The third-order valence-electron chi connectivity index (χ3n) is 3.20. The maximum Gasteiger partial charge on any atom is 0.118 e. The van der Waals surface area contributed by atoms with Gasteiger partial charge >= 0.3 is 0 Å². The maximum absolute atomic E-state index is 5.15. The smallest absolute Gasteiger partial charge is 0.118 e. The van der Waals surface area contributed by atoms with Gasteiger partial charge in [0.25, 0.3) is 0 Å². The van der Waals surface area contributed by atoms with E-state index in [2.05, 4.69) is 21.7 Å². The summed E-state index contributed by atoms with van der Waals surface area (Å²) < 4.78 is 7.30. The summed E-state index contributed by atoms with van der Waals surface area (Å²) in [7, 11) is 1.70. The fraction of sp³-hybridized carbons (Fsp3) is 0.438. The van der Waals surface area contributed by atoms with Gasteiger partial charge in [-0.1, -0.05) is 12.8 Å². The topological polar surface area (TPSA) is 27.1 Å². The number of unbranched alkanes of at least 4 members (excludes halogenated alkanes) is 3. The van der Waals surface area contributed by atoms with Crippen LogP contribution in [-0.4, -0.2) is 22.4 Å². The third-order valence-corrected chi connectivity index (χ3v) is 4.30. The second-order valence-electron chi connectivity index (χ2n) is 4.74. The molecule has 0 saturated carbocycles. The van der Waals surface area contributed by atoms with Crippen molar-refractivity contribution in [2.24, 2.45) is 0 Å². The van der Waals surface area contributed by atoms with E-state index < -0.39 is 0 Å². The molecule has 1 heterocycles. The Morgan fingerprint density at radius 3 is 2.60 bits per heavy atom. The molecule has 0 spiro atoms. The van der Waals surface area contributed by atoms with E-state index in [1.165, 1.54) is 36.3 Å². The first kappa shape index (κ1) is 15.0. The van der Waals surface area contributed by atoms with Gasteiger partial charge in [0.15, 0.2) is 0 Å². The van der Waals surface area contributed by atoms with E-state index >= 15 is 0 Å². The van der Waals surface area contributed by atoms with Crippen molar-refractivity contribution < 1.29 is 4.74 Å². The van der Waals surface area contributed by atoms with Crippen molar-refractivity contribution in [2.75, 3.05) is 12.9 Å². The van der Waals surface area contributed by atoms with E-state index in [4.69, 9.17) is 4.74 Å². The van der Waals surface area contributed by atoms with Crippen molar-refractivity contribution in [1.29, 1.82) is 0 Å². The molecule has 2 rings (SSSR count). The van der Waals surface area contributed by atoms with Crippen LogP contribution in [-0.2, 0) is 6.54 Å². The minimum Gasteiger partial charge on any atom is -0.497 e. The van der Waals surface area contributed by atoms with E-state index in [1.807, 2.05) is 42.6 Å². The molecule has 0 atom stereocenters. The minimum atomic E-state index is 0.925. The van der Waals surface area contributed by atoms with Crippen molar-refractivity contribution in [2.45, 2.75) is 37.1 Å². The molecule has 0 fully saturated rings. The molecule has 0 aliphatic carbocycles. The summed E-state index contributed by atoms with van der Waals surface area (Å²) in [5.74, 6) is 2.12. The number of methoxy groups -OCH3 is 1. The summed E-state index contributed by atoms with van der Waals surface area (Å²) in [5, 5.41) is 0. The van der Waals surface area contributed by atoms with Gasteiger partial charge in [0, 0.05) is 23.8 Å². The standard InChI is InChI=1S/C16H22N2OS/c1-19-15-6-8-16(9-7-15)20-13-5-3-2-4-11-18-12-10-17-14-18/h6-10,12,14H,2-5,11,13H2,1H3. The monoisotopic (exact) mass is 290 g/mol. The summed E-state index contributed by atoms with van der Waals surface area (Å²) in [6.07, 6.45) is 10.9. The lowest BCUT2D eigenvalue weighted by molar-refractivity contribution is 0.414. The van der Waals surface area contributed by atoms with Crippen LogP contribution in [0.3, 0.4) is 0 Å². The number of aryl methyl sites for hydroxylation is 1. The summed E-state index contributed by atoms with van der Waals surface area (Å²) in [6, 6.07) is 8.30. The second-order valence-corrected chi connectivity index (χ2v) is 5.91. The number of ether oxygens (including phenoxy) is 1. The first-order chi connectivity index (χ1) is 9.88. The predicted octanol–water partition coefficient (Wildman–Crippen LogP) is 4.24. The lowest BCUT2D eigenvalue weighted by Gasteiger charge is -2.04. The Morgan fingerprint density at radius 2 is 1.90 bits per heavy atom. The van der Waals surface area contributed by atoms with E-state index in [1.54, 1.807) is 7.11 Å². The first-order valence-electron chi connectivity index (χ1n) is 7.11.